The van der Waals surface area contributed by atoms with Gasteiger partial charge in [-0.3, -0.25) is 24.7 Å². The number of alkyl carbamates (subject to hydrolysis) is 1. The van der Waals surface area contributed by atoms with Gasteiger partial charge in [0.25, 0.3) is 0 Å². The van der Waals surface area contributed by atoms with E-state index in [4.69, 9.17) is 20.9 Å². The molecule has 4 amide bonds. The van der Waals surface area contributed by atoms with E-state index in [0.29, 0.717) is 30.8 Å². The molecule has 0 spiro atoms. The number of guanidine groups is 1. The summed E-state index contributed by atoms with van der Waals surface area (Å²) in [7, 11) is 1.56. The molecule has 0 radical (unpaired) electrons. The summed E-state index contributed by atoms with van der Waals surface area (Å²) in [6.07, 6.45) is -0.0366. The summed E-state index contributed by atoms with van der Waals surface area (Å²) >= 11 is 0. The Morgan fingerprint density at radius 2 is 1.60 bits per heavy atom. The van der Waals surface area contributed by atoms with Crippen molar-refractivity contribution in [2.24, 2.45) is 16.5 Å². The molecule has 3 aromatic rings. The lowest BCUT2D eigenvalue weighted by Gasteiger charge is -2.20. The number of benzene rings is 3. The molecule has 0 fully saturated rings. The first-order valence-electron chi connectivity index (χ1n) is 13.2. The highest BCUT2D eigenvalue weighted by Gasteiger charge is 2.21. The minimum absolute atomic E-state index is 0. The Hall–Kier alpha value is -5.04. The second-order valence-corrected chi connectivity index (χ2v) is 9.15. The van der Waals surface area contributed by atoms with Gasteiger partial charge in [-0.15, -0.1) is 12.4 Å². The summed E-state index contributed by atoms with van der Waals surface area (Å²) < 4.78 is 10.5. The molecule has 0 aliphatic rings. The molecule has 0 aromatic heterocycles. The minimum atomic E-state index is -0.828. The van der Waals surface area contributed by atoms with Crippen LogP contribution >= 0.6 is 12.4 Å². The van der Waals surface area contributed by atoms with E-state index in [9.17, 15) is 19.2 Å². The molecule has 0 aliphatic heterocycles. The van der Waals surface area contributed by atoms with Crippen molar-refractivity contribution in [2.75, 3.05) is 32.1 Å². The van der Waals surface area contributed by atoms with E-state index < -0.39 is 42.9 Å². The molecule has 0 aliphatic carbocycles. The van der Waals surface area contributed by atoms with Crippen molar-refractivity contribution in [3.63, 3.8) is 0 Å². The zero-order valence-corrected chi connectivity index (χ0v) is 24.4. The van der Waals surface area contributed by atoms with E-state index >= 15 is 0 Å². The van der Waals surface area contributed by atoms with Gasteiger partial charge in [0.15, 0.2) is 5.96 Å². The van der Waals surface area contributed by atoms with Crippen LogP contribution in [0.5, 0.6) is 5.75 Å². The van der Waals surface area contributed by atoms with Crippen LogP contribution in [-0.4, -0.2) is 62.6 Å². The quantitative estimate of drug-likeness (QED) is 0.0891. The fourth-order valence-corrected chi connectivity index (χ4v) is 3.94. The predicted molar refractivity (Wildman–Crippen MR) is 166 cm³/mol. The first-order chi connectivity index (χ1) is 20.2. The van der Waals surface area contributed by atoms with Crippen LogP contribution in [0, 0.1) is 0 Å². The Balaban J connectivity index is 0.00000645. The number of rotatable bonds is 14. The number of ether oxygens (including phenoxy) is 2. The Morgan fingerprint density at radius 1 is 0.907 bits per heavy atom. The third kappa shape index (κ3) is 11.8. The van der Waals surface area contributed by atoms with Gasteiger partial charge in [-0.2, -0.15) is 0 Å². The van der Waals surface area contributed by atoms with Crippen molar-refractivity contribution in [3.8, 4) is 5.75 Å². The Morgan fingerprint density at radius 3 is 2.33 bits per heavy atom. The maximum absolute atomic E-state index is 13.1. The zero-order chi connectivity index (χ0) is 30.3. The molecule has 8 N–H and O–H groups in total. The second-order valence-electron chi connectivity index (χ2n) is 9.15. The van der Waals surface area contributed by atoms with Gasteiger partial charge in [0.2, 0.25) is 17.7 Å². The monoisotopic (exact) mass is 613 g/mol. The average Bonchev–Trinajstić information content (AvgIpc) is 2.99. The number of hydrogen-bond acceptors (Lipinski definition) is 8. The third-order valence-electron chi connectivity index (χ3n) is 5.96. The van der Waals surface area contributed by atoms with E-state index in [1.807, 2.05) is 48.5 Å². The number of aliphatic imine (C=N–C) groups is 1. The van der Waals surface area contributed by atoms with Crippen molar-refractivity contribution in [1.29, 1.82) is 0 Å². The first kappa shape index (κ1) is 34.2. The number of carbonyl (C=O) groups is 4. The lowest BCUT2D eigenvalue weighted by Crippen LogP contribution is -2.47. The molecule has 0 saturated carbocycles. The van der Waals surface area contributed by atoms with Crippen molar-refractivity contribution in [2.45, 2.75) is 25.5 Å². The lowest BCUT2D eigenvalue weighted by atomic mass is 10.1. The van der Waals surface area contributed by atoms with Gasteiger partial charge in [0, 0.05) is 23.7 Å². The summed E-state index contributed by atoms with van der Waals surface area (Å²) in [5, 5.41) is 11.9. The van der Waals surface area contributed by atoms with Crippen LogP contribution in [0.15, 0.2) is 71.7 Å². The maximum atomic E-state index is 13.1. The number of anilines is 1. The van der Waals surface area contributed by atoms with Crippen LogP contribution in [0.25, 0.3) is 10.8 Å². The second kappa shape index (κ2) is 17.7. The summed E-state index contributed by atoms with van der Waals surface area (Å²) in [5.41, 5.74) is 12.2. The number of carbonyl (C=O) groups excluding carboxylic acids is 4. The lowest BCUT2D eigenvalue weighted by molar-refractivity contribution is -0.132. The number of nitrogens with two attached hydrogens (primary N) is 2. The Labute approximate surface area is 255 Å². The molecular weight excluding hydrogens is 578 g/mol. The summed E-state index contributed by atoms with van der Waals surface area (Å²) in [5.74, 6) is -1.41. The van der Waals surface area contributed by atoms with Crippen LogP contribution in [0.2, 0.25) is 0 Å². The molecule has 1 atom stereocenters. The van der Waals surface area contributed by atoms with Gasteiger partial charge in [0.05, 0.1) is 13.7 Å². The van der Waals surface area contributed by atoms with Gasteiger partial charge >= 0.3 is 6.09 Å². The van der Waals surface area contributed by atoms with Crippen molar-refractivity contribution < 1.29 is 28.7 Å². The molecule has 3 rings (SSSR count). The maximum Gasteiger partial charge on any atom is 0.407 e. The Bertz CT molecular complexity index is 1420. The number of hydrogen-bond donors (Lipinski definition) is 6. The number of fused-ring (bicyclic) bond motifs is 1. The highest BCUT2D eigenvalue weighted by Crippen LogP contribution is 2.30. The fraction of sp³-hybridized carbons (Fsp3) is 0.276. The van der Waals surface area contributed by atoms with Crippen molar-refractivity contribution in [1.82, 2.24) is 16.0 Å². The van der Waals surface area contributed by atoms with Crippen LogP contribution < -0.4 is 37.5 Å². The predicted octanol–water partition coefficient (Wildman–Crippen LogP) is 1.79. The minimum Gasteiger partial charge on any atom is -0.496 e. The van der Waals surface area contributed by atoms with Crippen LogP contribution in [-0.2, 0) is 25.7 Å². The van der Waals surface area contributed by atoms with Crippen molar-refractivity contribution >= 4 is 58.6 Å². The molecule has 43 heavy (non-hydrogen) atoms. The van der Waals surface area contributed by atoms with Gasteiger partial charge in [0.1, 0.15) is 24.9 Å². The van der Waals surface area contributed by atoms with Gasteiger partial charge in [-0.05, 0) is 29.9 Å². The normalized spacial score (nSPS) is 10.8. The molecule has 0 heterocycles. The number of amides is 4. The number of halogens is 1. The summed E-state index contributed by atoms with van der Waals surface area (Å²) in [4.78, 5) is 53.3. The zero-order valence-electron chi connectivity index (χ0n) is 23.6. The molecule has 0 bridgehead atoms. The molecule has 3 aromatic carbocycles. The van der Waals surface area contributed by atoms with E-state index in [2.05, 4.69) is 26.3 Å². The highest BCUT2D eigenvalue weighted by molar-refractivity contribution is 6.01. The molecule has 14 heteroatoms. The standard InChI is InChI=1S/C29H35N7O6.ClH/c1-41-24-15-21(14-20-10-5-6-11-22(20)24)35-23(12-7-13-32-28(30)31)27(39)36-26(38)17-33-25(37)16-34-29(40)42-18-19-8-3-2-4-9-19;/h2-6,8-11,14-15,23,35H,7,12-13,16-18H2,1H3,(H,33,37)(H,34,40)(H4,30,31,32)(H,36,38,39);1H/t23-;/m0./s1. The molecule has 0 unspecified atom stereocenters. The largest absolute Gasteiger partial charge is 0.496 e. The average molecular weight is 614 g/mol. The first-order valence-corrected chi connectivity index (χ1v) is 13.2. The highest BCUT2D eigenvalue weighted by atomic mass is 35.5. The topological polar surface area (TPSA) is 199 Å². The van der Waals surface area contributed by atoms with E-state index in [-0.39, 0.29) is 25.0 Å². The number of imide groups is 1. The third-order valence-corrected chi connectivity index (χ3v) is 5.96. The van der Waals surface area contributed by atoms with Crippen LogP contribution in [0.3, 0.4) is 0 Å². The van der Waals surface area contributed by atoms with Gasteiger partial charge < -0.3 is 36.9 Å². The van der Waals surface area contributed by atoms with Crippen LogP contribution in [0.1, 0.15) is 18.4 Å². The molecule has 0 saturated heterocycles. The fourth-order valence-electron chi connectivity index (χ4n) is 3.94. The SMILES string of the molecule is COc1cc(N[C@@H](CCCN=C(N)N)C(=O)NC(=O)CNC(=O)CNC(=O)OCc2ccccc2)cc2ccccc12.Cl. The molecule has 230 valence electrons. The number of nitrogens with zero attached hydrogens (tertiary/aromatic N) is 1. The summed E-state index contributed by atoms with van der Waals surface area (Å²) in [6, 6.07) is 19.5. The van der Waals surface area contributed by atoms with E-state index in [0.717, 1.165) is 16.3 Å². The number of methoxy groups -OCH3 is 1. The molecule has 13 nitrogen and oxygen atoms in total. The smallest absolute Gasteiger partial charge is 0.407 e. The van der Waals surface area contributed by atoms with E-state index in [1.165, 1.54) is 0 Å². The molecular formula is C29H36ClN7O6. The van der Waals surface area contributed by atoms with Gasteiger partial charge in [-0.25, -0.2) is 4.79 Å². The van der Waals surface area contributed by atoms with E-state index in [1.54, 1.807) is 25.3 Å². The van der Waals surface area contributed by atoms with Gasteiger partial charge in [-0.1, -0.05) is 54.6 Å². The van der Waals surface area contributed by atoms with Crippen molar-refractivity contribution in [3.05, 3.63) is 72.3 Å². The van der Waals surface area contributed by atoms with Crippen LogP contribution in [0.4, 0.5) is 10.5 Å². The Kier molecular flexibility index (Phi) is 14.1. The summed E-state index contributed by atoms with van der Waals surface area (Å²) in [6.45, 7) is -0.547. The number of nitrogens with one attached hydrogen (secondary N) is 4.